The van der Waals surface area contributed by atoms with Crippen LogP contribution >= 0.6 is 0 Å². The molecule has 0 radical (unpaired) electrons. The van der Waals surface area contributed by atoms with Gasteiger partial charge in [0.05, 0.1) is 4.92 Å². The fourth-order valence-corrected chi connectivity index (χ4v) is 2.01. The van der Waals surface area contributed by atoms with Crippen LogP contribution in [0.2, 0.25) is 0 Å². The molecule has 7 heteroatoms. The summed E-state index contributed by atoms with van der Waals surface area (Å²) in [5.74, 6) is -1.14. The van der Waals surface area contributed by atoms with Crippen LogP contribution in [0.3, 0.4) is 0 Å². The number of nitro groups is 1. The molecule has 0 spiro atoms. The molecule has 0 unspecified atom stereocenters. The average molecular weight is 308 g/mol. The van der Waals surface area contributed by atoms with Gasteiger partial charge < -0.3 is 10.4 Å². The van der Waals surface area contributed by atoms with Crippen LogP contribution in [-0.2, 0) is 4.79 Å². The number of hydrogen-bond donors (Lipinski definition) is 2. The summed E-state index contributed by atoms with van der Waals surface area (Å²) in [4.78, 5) is 32.6. The monoisotopic (exact) mass is 308 g/mol. The van der Waals surface area contributed by atoms with Crippen LogP contribution < -0.4 is 5.32 Å². The molecule has 1 rings (SSSR count). The number of aliphatic carboxylic acids is 1. The number of carbonyl (C=O) groups excluding carboxylic acids is 1. The molecule has 2 N–H and O–H groups in total. The molecule has 22 heavy (non-hydrogen) atoms. The Hall–Kier alpha value is -2.44. The number of amides is 1. The number of rotatable bonds is 9. The number of benzene rings is 1. The van der Waals surface area contributed by atoms with Gasteiger partial charge in [-0.3, -0.25) is 19.7 Å². The van der Waals surface area contributed by atoms with Crippen LogP contribution in [-0.4, -0.2) is 28.5 Å². The van der Waals surface area contributed by atoms with Crippen LogP contribution in [0.25, 0.3) is 0 Å². The van der Waals surface area contributed by atoms with E-state index in [-0.39, 0.29) is 23.6 Å². The fourth-order valence-electron chi connectivity index (χ4n) is 2.01. The van der Waals surface area contributed by atoms with E-state index < -0.39 is 10.9 Å². The summed E-state index contributed by atoms with van der Waals surface area (Å²) in [6, 6.07) is 4.39. The lowest BCUT2D eigenvalue weighted by Crippen LogP contribution is -2.24. The zero-order valence-electron chi connectivity index (χ0n) is 12.5. The maximum absolute atomic E-state index is 11.9. The molecule has 0 fully saturated rings. The topological polar surface area (TPSA) is 110 Å². The second-order valence-corrected chi connectivity index (χ2v) is 5.07. The first-order chi connectivity index (χ1) is 10.4. The van der Waals surface area contributed by atoms with Crippen molar-refractivity contribution < 1.29 is 19.6 Å². The van der Waals surface area contributed by atoms with Crippen LogP contribution in [0.15, 0.2) is 18.2 Å². The number of aryl methyl sites for hydroxylation is 1. The fraction of sp³-hybridized carbons (Fsp3) is 0.467. The molecular formula is C15H20N2O5. The normalized spacial score (nSPS) is 10.2. The summed E-state index contributed by atoms with van der Waals surface area (Å²) < 4.78 is 0. The highest BCUT2D eigenvalue weighted by atomic mass is 16.6. The molecule has 0 heterocycles. The third-order valence-electron chi connectivity index (χ3n) is 3.27. The Labute approximate surface area is 128 Å². The van der Waals surface area contributed by atoms with Gasteiger partial charge in [0.25, 0.3) is 11.6 Å². The van der Waals surface area contributed by atoms with Crippen molar-refractivity contribution in [3.8, 4) is 0 Å². The van der Waals surface area contributed by atoms with Gasteiger partial charge in [-0.05, 0) is 25.8 Å². The third-order valence-corrected chi connectivity index (χ3v) is 3.27. The summed E-state index contributed by atoms with van der Waals surface area (Å²) in [6.07, 6.45) is 3.19. The molecule has 120 valence electrons. The molecule has 0 aliphatic heterocycles. The van der Waals surface area contributed by atoms with Crippen molar-refractivity contribution in [2.45, 2.75) is 39.0 Å². The number of nitro benzene ring substituents is 1. The zero-order valence-corrected chi connectivity index (χ0v) is 12.5. The maximum Gasteiger partial charge on any atom is 0.303 e. The smallest absolute Gasteiger partial charge is 0.303 e. The molecule has 0 aliphatic carbocycles. The summed E-state index contributed by atoms with van der Waals surface area (Å²) in [6.45, 7) is 2.09. The molecule has 0 saturated heterocycles. The highest BCUT2D eigenvalue weighted by Crippen LogP contribution is 2.19. The van der Waals surface area contributed by atoms with Crippen LogP contribution in [0, 0.1) is 17.0 Å². The van der Waals surface area contributed by atoms with E-state index in [0.717, 1.165) is 19.3 Å². The van der Waals surface area contributed by atoms with Gasteiger partial charge in [-0.1, -0.05) is 18.9 Å². The molecule has 1 aromatic carbocycles. The number of carboxylic acids is 1. The quantitative estimate of drug-likeness (QED) is 0.414. The Morgan fingerprint density at radius 1 is 1.23 bits per heavy atom. The number of carbonyl (C=O) groups is 2. The molecule has 7 nitrogen and oxygen atoms in total. The summed E-state index contributed by atoms with van der Waals surface area (Å²) >= 11 is 0. The largest absolute Gasteiger partial charge is 0.481 e. The molecular weight excluding hydrogens is 288 g/mol. The number of nitrogens with zero attached hydrogens (tertiary/aromatic N) is 1. The molecule has 0 atom stereocenters. The van der Waals surface area contributed by atoms with Crippen LogP contribution in [0.5, 0.6) is 0 Å². The predicted octanol–water partition coefficient (Wildman–Crippen LogP) is 2.67. The first-order valence-corrected chi connectivity index (χ1v) is 7.17. The molecule has 0 aromatic heterocycles. The number of hydrogen-bond acceptors (Lipinski definition) is 4. The summed E-state index contributed by atoms with van der Waals surface area (Å²) in [5, 5.41) is 22.0. The second kappa shape index (κ2) is 8.76. The SMILES string of the molecule is Cc1ccc(C(=O)NCCCCCCC(=O)O)cc1[N+](=O)[O-]. The van der Waals surface area contributed by atoms with E-state index in [2.05, 4.69) is 5.32 Å². The van der Waals surface area contributed by atoms with Crippen molar-refractivity contribution in [1.29, 1.82) is 0 Å². The molecule has 0 bridgehead atoms. The number of unbranched alkanes of at least 4 members (excludes halogenated alkanes) is 3. The first-order valence-electron chi connectivity index (χ1n) is 7.17. The van der Waals surface area contributed by atoms with E-state index in [9.17, 15) is 19.7 Å². The van der Waals surface area contributed by atoms with Gasteiger partial charge in [-0.15, -0.1) is 0 Å². The highest BCUT2D eigenvalue weighted by molar-refractivity contribution is 5.94. The third kappa shape index (κ3) is 5.90. The average Bonchev–Trinajstić information content (AvgIpc) is 2.45. The van der Waals surface area contributed by atoms with E-state index >= 15 is 0 Å². The summed E-state index contributed by atoms with van der Waals surface area (Å²) in [5.41, 5.74) is 0.712. The van der Waals surface area contributed by atoms with Gasteiger partial charge in [-0.2, -0.15) is 0 Å². The number of carboxylic acid groups (broad SMARTS) is 1. The Morgan fingerprint density at radius 2 is 1.91 bits per heavy atom. The number of nitrogens with one attached hydrogen (secondary N) is 1. The minimum absolute atomic E-state index is 0.0682. The minimum Gasteiger partial charge on any atom is -0.481 e. The van der Waals surface area contributed by atoms with Crippen molar-refractivity contribution >= 4 is 17.6 Å². The van der Waals surface area contributed by atoms with E-state index in [1.807, 2.05) is 0 Å². The molecule has 1 amide bonds. The molecule has 1 aromatic rings. The van der Waals surface area contributed by atoms with Crippen LogP contribution in [0.1, 0.15) is 48.0 Å². The second-order valence-electron chi connectivity index (χ2n) is 5.07. The predicted molar refractivity (Wildman–Crippen MR) is 80.9 cm³/mol. The lowest BCUT2D eigenvalue weighted by Gasteiger charge is -2.06. The Morgan fingerprint density at radius 3 is 2.55 bits per heavy atom. The van der Waals surface area contributed by atoms with Gasteiger partial charge in [0.2, 0.25) is 0 Å². The van der Waals surface area contributed by atoms with Crippen molar-refractivity contribution in [3.63, 3.8) is 0 Å². The molecule has 0 saturated carbocycles. The van der Waals surface area contributed by atoms with Crippen LogP contribution in [0.4, 0.5) is 5.69 Å². The van der Waals surface area contributed by atoms with E-state index in [1.165, 1.54) is 6.07 Å². The van der Waals surface area contributed by atoms with E-state index in [1.54, 1.807) is 19.1 Å². The lowest BCUT2D eigenvalue weighted by atomic mass is 10.1. The van der Waals surface area contributed by atoms with Crippen molar-refractivity contribution in [2.24, 2.45) is 0 Å². The van der Waals surface area contributed by atoms with E-state index in [0.29, 0.717) is 18.5 Å². The van der Waals surface area contributed by atoms with Crippen molar-refractivity contribution in [2.75, 3.05) is 6.54 Å². The molecule has 0 aliphatic rings. The zero-order chi connectivity index (χ0) is 16.5. The Kier molecular flexibility index (Phi) is 7.01. The lowest BCUT2D eigenvalue weighted by molar-refractivity contribution is -0.385. The van der Waals surface area contributed by atoms with Gasteiger partial charge >= 0.3 is 5.97 Å². The minimum atomic E-state index is -0.797. The Bertz CT molecular complexity index is 557. The van der Waals surface area contributed by atoms with Crippen molar-refractivity contribution in [3.05, 3.63) is 39.4 Å². The van der Waals surface area contributed by atoms with E-state index in [4.69, 9.17) is 5.11 Å². The first kappa shape index (κ1) is 17.6. The maximum atomic E-state index is 11.9. The van der Waals surface area contributed by atoms with Gasteiger partial charge in [0.1, 0.15) is 0 Å². The van der Waals surface area contributed by atoms with Crippen molar-refractivity contribution in [1.82, 2.24) is 5.32 Å². The highest BCUT2D eigenvalue weighted by Gasteiger charge is 2.14. The Balaban J connectivity index is 2.35. The standard InChI is InChI=1S/C15H20N2O5/c1-11-7-8-12(10-13(11)17(21)22)15(20)16-9-5-3-2-4-6-14(18)19/h7-8,10H,2-6,9H2,1H3,(H,16,20)(H,18,19). The van der Waals surface area contributed by atoms with Gasteiger partial charge in [0.15, 0.2) is 0 Å². The summed E-state index contributed by atoms with van der Waals surface area (Å²) in [7, 11) is 0. The van der Waals surface area contributed by atoms with Gasteiger partial charge in [0, 0.05) is 30.2 Å². The van der Waals surface area contributed by atoms with Gasteiger partial charge in [-0.25, -0.2) is 0 Å².